The van der Waals surface area contributed by atoms with Crippen LogP contribution in [0.5, 0.6) is 0 Å². The van der Waals surface area contributed by atoms with E-state index in [1.54, 1.807) is 39.6 Å². The third-order valence-electron chi connectivity index (χ3n) is 4.85. The van der Waals surface area contributed by atoms with Crippen LogP contribution < -0.4 is 11.5 Å². The molecule has 6 N–H and O–H groups in total. The highest BCUT2D eigenvalue weighted by Gasteiger charge is 2.15. The zero-order valence-corrected chi connectivity index (χ0v) is 15.8. The van der Waals surface area contributed by atoms with Crippen molar-refractivity contribution in [3.8, 4) is 0 Å². The number of nitrogens with zero attached hydrogens (tertiary/aromatic N) is 4. The van der Waals surface area contributed by atoms with E-state index in [1.807, 2.05) is 12.1 Å². The molecule has 6 aromatic rings. The summed E-state index contributed by atoms with van der Waals surface area (Å²) >= 11 is 0. The van der Waals surface area contributed by atoms with Crippen LogP contribution in [0.4, 0.5) is 4.39 Å². The van der Waals surface area contributed by atoms with Crippen LogP contribution in [-0.2, 0) is 0 Å². The quantitative estimate of drug-likeness (QED) is 0.340. The van der Waals surface area contributed by atoms with E-state index < -0.39 is 17.6 Å². The standard InChI is InChI=1S/C10H7FN4O.C10H8N4O/c11-5-3-6(10(12)16)9-7(4-5)14-8-1-2-13-15(8)9;11-10(15)6-2-1-3-7-9(6)14-8(13-7)4-5-12-14/h1-4,13H,(H2,12,16);1-5,12H,(H2,11,15). The van der Waals surface area contributed by atoms with Gasteiger partial charge < -0.3 is 11.5 Å². The van der Waals surface area contributed by atoms with E-state index in [2.05, 4.69) is 20.2 Å². The third-order valence-corrected chi connectivity index (χ3v) is 4.85. The first-order valence-corrected chi connectivity index (χ1v) is 9.13. The van der Waals surface area contributed by atoms with Gasteiger partial charge in [-0.15, -0.1) is 0 Å². The second-order valence-corrected chi connectivity index (χ2v) is 6.76. The zero-order valence-electron chi connectivity index (χ0n) is 15.8. The average molecular weight is 418 g/mol. The van der Waals surface area contributed by atoms with Crippen molar-refractivity contribution < 1.29 is 14.0 Å². The summed E-state index contributed by atoms with van der Waals surface area (Å²) in [5.74, 6) is -1.65. The summed E-state index contributed by atoms with van der Waals surface area (Å²) in [5.41, 5.74) is 14.9. The number of primary amides is 2. The van der Waals surface area contributed by atoms with Crippen LogP contribution in [0.3, 0.4) is 0 Å². The molecule has 0 aliphatic rings. The second kappa shape index (κ2) is 6.69. The lowest BCUT2D eigenvalue weighted by molar-refractivity contribution is 0.0993. The number of hydrogen-bond donors (Lipinski definition) is 4. The molecule has 0 fully saturated rings. The van der Waals surface area contributed by atoms with Crippen LogP contribution >= 0.6 is 0 Å². The Kier molecular flexibility index (Phi) is 3.97. The molecular formula is C20H15FN8O2. The van der Waals surface area contributed by atoms with Crippen LogP contribution in [0.1, 0.15) is 20.7 Å². The summed E-state index contributed by atoms with van der Waals surface area (Å²) in [5, 5.41) is 5.87. The minimum absolute atomic E-state index is 0.116. The SMILES string of the molecule is NC(=O)c1cc(F)cc2nc3cc[nH]n3c12.NC(=O)c1cccc2nc3cc[nH]n3c12. The predicted molar refractivity (Wildman–Crippen MR) is 111 cm³/mol. The highest BCUT2D eigenvalue weighted by atomic mass is 19.1. The summed E-state index contributed by atoms with van der Waals surface area (Å²) in [6.45, 7) is 0. The Balaban J connectivity index is 0.000000132. The van der Waals surface area contributed by atoms with Crippen LogP contribution in [0.2, 0.25) is 0 Å². The number of fused-ring (bicyclic) bond motifs is 6. The molecule has 4 heterocycles. The number of aromatic nitrogens is 6. The number of aromatic amines is 2. The Morgan fingerprint density at radius 1 is 0.806 bits per heavy atom. The van der Waals surface area contributed by atoms with Gasteiger partial charge in [-0.25, -0.2) is 23.4 Å². The highest BCUT2D eigenvalue weighted by molar-refractivity contribution is 6.05. The van der Waals surface area contributed by atoms with Crippen molar-refractivity contribution in [3.05, 3.63) is 71.8 Å². The van der Waals surface area contributed by atoms with Crippen molar-refractivity contribution in [2.75, 3.05) is 0 Å². The van der Waals surface area contributed by atoms with Gasteiger partial charge in [0.15, 0.2) is 11.3 Å². The van der Waals surface area contributed by atoms with E-state index in [1.165, 1.54) is 6.07 Å². The number of hydrogen-bond acceptors (Lipinski definition) is 4. The number of carbonyl (C=O) groups is 2. The van der Waals surface area contributed by atoms with E-state index in [-0.39, 0.29) is 5.56 Å². The number of halogens is 1. The zero-order chi connectivity index (χ0) is 21.7. The van der Waals surface area contributed by atoms with E-state index in [4.69, 9.17) is 11.5 Å². The van der Waals surface area contributed by atoms with Gasteiger partial charge in [-0.3, -0.25) is 19.8 Å². The van der Waals surface area contributed by atoms with Crippen LogP contribution in [0.15, 0.2) is 54.9 Å². The van der Waals surface area contributed by atoms with Crippen LogP contribution in [-0.4, -0.2) is 41.0 Å². The smallest absolute Gasteiger partial charge is 0.251 e. The molecule has 0 aliphatic carbocycles. The maximum absolute atomic E-state index is 13.2. The monoisotopic (exact) mass is 418 g/mol. The molecule has 0 radical (unpaired) electrons. The van der Waals surface area contributed by atoms with Gasteiger partial charge in [0.25, 0.3) is 11.8 Å². The Labute approximate surface area is 172 Å². The first-order chi connectivity index (χ1) is 14.9. The Bertz CT molecular complexity index is 1620. The number of para-hydroxylation sites is 1. The highest BCUT2D eigenvalue weighted by Crippen LogP contribution is 2.21. The lowest BCUT2D eigenvalue weighted by Crippen LogP contribution is -2.12. The summed E-state index contributed by atoms with van der Waals surface area (Å²) in [4.78, 5) is 31.0. The molecule has 0 spiro atoms. The molecule has 0 saturated heterocycles. The molecule has 0 bridgehead atoms. The van der Waals surface area contributed by atoms with Gasteiger partial charge in [-0.05, 0) is 18.2 Å². The van der Waals surface area contributed by atoms with Gasteiger partial charge in [0.05, 0.1) is 22.2 Å². The van der Waals surface area contributed by atoms with Gasteiger partial charge in [-0.1, -0.05) is 6.07 Å². The lowest BCUT2D eigenvalue weighted by Gasteiger charge is -1.99. The number of nitrogens with two attached hydrogens (primary N) is 2. The number of amides is 2. The predicted octanol–water partition coefficient (Wildman–Crippen LogP) is 1.97. The van der Waals surface area contributed by atoms with Gasteiger partial charge >= 0.3 is 0 Å². The van der Waals surface area contributed by atoms with Crippen molar-refractivity contribution in [2.24, 2.45) is 11.5 Å². The van der Waals surface area contributed by atoms with Gasteiger partial charge in [0, 0.05) is 30.6 Å². The number of benzene rings is 2. The molecule has 6 rings (SSSR count). The van der Waals surface area contributed by atoms with E-state index in [0.29, 0.717) is 22.2 Å². The largest absolute Gasteiger partial charge is 0.366 e. The summed E-state index contributed by atoms with van der Waals surface area (Å²) < 4.78 is 16.6. The number of H-pyrrole nitrogens is 2. The maximum atomic E-state index is 13.2. The molecule has 0 atom stereocenters. The maximum Gasteiger partial charge on any atom is 0.251 e. The molecule has 2 amide bonds. The Hall–Kier alpha value is -4.67. The van der Waals surface area contributed by atoms with Crippen molar-refractivity contribution in [1.29, 1.82) is 0 Å². The third kappa shape index (κ3) is 2.87. The van der Waals surface area contributed by atoms with Crippen LogP contribution in [0, 0.1) is 5.82 Å². The molecule has 31 heavy (non-hydrogen) atoms. The van der Waals surface area contributed by atoms with Gasteiger partial charge in [0.2, 0.25) is 0 Å². The molecule has 154 valence electrons. The molecule has 0 aliphatic heterocycles. The lowest BCUT2D eigenvalue weighted by atomic mass is 10.1. The first kappa shape index (κ1) is 18.4. The summed E-state index contributed by atoms with van der Waals surface area (Å²) in [6, 6.07) is 11.3. The number of carbonyl (C=O) groups excluding carboxylic acids is 2. The fourth-order valence-corrected chi connectivity index (χ4v) is 3.58. The minimum Gasteiger partial charge on any atom is -0.366 e. The molecule has 4 aromatic heterocycles. The van der Waals surface area contributed by atoms with Gasteiger partial charge in [0.1, 0.15) is 16.9 Å². The Morgan fingerprint density at radius 2 is 1.39 bits per heavy atom. The van der Waals surface area contributed by atoms with Crippen molar-refractivity contribution in [3.63, 3.8) is 0 Å². The summed E-state index contributed by atoms with van der Waals surface area (Å²) in [7, 11) is 0. The molecule has 11 heteroatoms. The fraction of sp³-hybridized carbons (Fsp3) is 0. The van der Waals surface area contributed by atoms with Crippen molar-refractivity contribution in [2.45, 2.75) is 0 Å². The molecule has 0 unspecified atom stereocenters. The second-order valence-electron chi connectivity index (χ2n) is 6.76. The fourth-order valence-electron chi connectivity index (χ4n) is 3.58. The molecular weight excluding hydrogens is 403 g/mol. The number of imidazole rings is 2. The normalized spacial score (nSPS) is 11.3. The molecule has 10 nitrogen and oxygen atoms in total. The van der Waals surface area contributed by atoms with E-state index >= 15 is 0 Å². The first-order valence-electron chi connectivity index (χ1n) is 9.13. The van der Waals surface area contributed by atoms with Crippen molar-refractivity contribution >= 4 is 45.2 Å². The van der Waals surface area contributed by atoms with Crippen molar-refractivity contribution in [1.82, 2.24) is 29.2 Å². The number of rotatable bonds is 2. The van der Waals surface area contributed by atoms with Gasteiger partial charge in [-0.2, -0.15) is 0 Å². The molecule has 2 aromatic carbocycles. The molecule has 0 saturated carbocycles. The van der Waals surface area contributed by atoms with E-state index in [9.17, 15) is 14.0 Å². The topological polar surface area (TPSA) is 152 Å². The average Bonchev–Trinajstić information content (AvgIpc) is 3.47. The van der Waals surface area contributed by atoms with E-state index in [0.717, 1.165) is 22.7 Å². The number of nitrogens with one attached hydrogen (secondary N) is 2. The van der Waals surface area contributed by atoms with Crippen LogP contribution in [0.25, 0.3) is 33.4 Å². The Morgan fingerprint density at radius 3 is 2.00 bits per heavy atom. The summed E-state index contributed by atoms with van der Waals surface area (Å²) in [6.07, 6.45) is 3.44. The minimum atomic E-state index is -0.680.